The van der Waals surface area contributed by atoms with Gasteiger partial charge < -0.3 is 23.8 Å². The minimum absolute atomic E-state index is 0. The van der Waals surface area contributed by atoms with Crippen molar-refractivity contribution in [1.82, 2.24) is 9.88 Å². The lowest BCUT2D eigenvalue weighted by molar-refractivity contribution is -0.127. The van der Waals surface area contributed by atoms with E-state index in [2.05, 4.69) is 18.7 Å². The van der Waals surface area contributed by atoms with E-state index < -0.39 is 6.10 Å². The number of benzene rings is 2. The maximum atomic E-state index is 13.7. The van der Waals surface area contributed by atoms with Gasteiger partial charge in [0.05, 0.1) is 14.2 Å². The van der Waals surface area contributed by atoms with Crippen molar-refractivity contribution in [3.05, 3.63) is 36.4 Å². The number of rotatable bonds is 9. The van der Waals surface area contributed by atoms with E-state index in [1.54, 1.807) is 19.1 Å². The summed E-state index contributed by atoms with van der Waals surface area (Å²) in [7, 11) is 3.23. The third-order valence-corrected chi connectivity index (χ3v) is 6.81. The van der Waals surface area contributed by atoms with Gasteiger partial charge in [0.1, 0.15) is 28.3 Å². The van der Waals surface area contributed by atoms with Crippen molar-refractivity contribution in [2.45, 2.75) is 20.0 Å². The van der Waals surface area contributed by atoms with E-state index in [1.165, 1.54) is 11.3 Å². The number of ether oxygens (including phenoxy) is 4. The Morgan fingerprint density at radius 3 is 2.41 bits per heavy atom. The normalized spacial score (nSPS) is 14.6. The van der Waals surface area contributed by atoms with Crippen molar-refractivity contribution >= 4 is 45.0 Å². The van der Waals surface area contributed by atoms with Crippen LogP contribution in [0, 0.1) is 0 Å². The first-order valence-electron chi connectivity index (χ1n) is 11.0. The topological polar surface area (TPSA) is 73.4 Å². The lowest BCUT2D eigenvalue weighted by Crippen LogP contribution is -2.48. The lowest BCUT2D eigenvalue weighted by Gasteiger charge is -2.30. The molecule has 34 heavy (non-hydrogen) atoms. The molecule has 4 rings (SSSR count). The van der Waals surface area contributed by atoms with Crippen molar-refractivity contribution in [1.29, 1.82) is 0 Å². The molecule has 0 radical (unpaired) electrons. The highest BCUT2D eigenvalue weighted by Crippen LogP contribution is 2.40. The molecule has 1 aromatic heterocycles. The summed E-state index contributed by atoms with van der Waals surface area (Å²) in [4.78, 5) is 22.4. The average molecular weight is 508 g/mol. The fraction of sp³-hybridized carbons (Fsp3) is 0.417. The second kappa shape index (κ2) is 11.6. The van der Waals surface area contributed by atoms with Gasteiger partial charge in [-0.25, -0.2) is 4.98 Å². The number of hydrogen-bond donors (Lipinski definition) is 0. The van der Waals surface area contributed by atoms with Gasteiger partial charge in [-0.05, 0) is 37.4 Å². The number of para-hydroxylation sites is 2. The summed E-state index contributed by atoms with van der Waals surface area (Å²) in [5.41, 5.74) is 0.670. The molecule has 0 fully saturated rings. The Bertz CT molecular complexity index is 1080. The first-order chi connectivity index (χ1) is 16.1. The second-order valence-electron chi connectivity index (χ2n) is 7.53. The van der Waals surface area contributed by atoms with Gasteiger partial charge in [-0.3, -0.25) is 9.69 Å². The summed E-state index contributed by atoms with van der Waals surface area (Å²) >= 11 is 1.41. The second-order valence-corrected chi connectivity index (χ2v) is 8.50. The fourth-order valence-corrected chi connectivity index (χ4v) is 4.89. The van der Waals surface area contributed by atoms with Crippen molar-refractivity contribution < 1.29 is 23.7 Å². The highest BCUT2D eigenvalue weighted by molar-refractivity contribution is 7.22. The average Bonchev–Trinajstić information content (AvgIpc) is 3.30. The van der Waals surface area contributed by atoms with E-state index in [-0.39, 0.29) is 24.9 Å². The Morgan fingerprint density at radius 1 is 1.06 bits per heavy atom. The van der Waals surface area contributed by atoms with E-state index >= 15 is 0 Å². The molecule has 10 heteroatoms. The van der Waals surface area contributed by atoms with Crippen LogP contribution in [0.2, 0.25) is 0 Å². The van der Waals surface area contributed by atoms with E-state index in [1.807, 2.05) is 36.4 Å². The molecule has 0 saturated carbocycles. The Labute approximate surface area is 209 Å². The van der Waals surface area contributed by atoms with Gasteiger partial charge >= 0.3 is 0 Å². The van der Waals surface area contributed by atoms with Crippen LogP contribution in [-0.4, -0.2) is 68.9 Å². The van der Waals surface area contributed by atoms with Crippen LogP contribution in [0.15, 0.2) is 36.4 Å². The standard InChI is InChI=1S/C24H29N3O5S.ClH/c1-5-26(6-2)13-14-27(23(28)20-15-31-16-9-7-8-10-17(16)32-20)24-25-21-18(29-3)11-12-19(30-4)22(21)33-24;/h7-12,20H,5-6,13-15H2,1-4H3;1H. The Hall–Kier alpha value is -2.75. The van der Waals surface area contributed by atoms with Crippen molar-refractivity contribution in [2.24, 2.45) is 0 Å². The van der Waals surface area contributed by atoms with Gasteiger partial charge in [-0.15, -0.1) is 12.4 Å². The molecule has 1 aliphatic rings. The number of methoxy groups -OCH3 is 2. The molecule has 184 valence electrons. The number of amides is 1. The Morgan fingerprint density at radius 2 is 1.74 bits per heavy atom. The first kappa shape index (κ1) is 25.9. The van der Waals surface area contributed by atoms with Crippen LogP contribution >= 0.6 is 23.7 Å². The van der Waals surface area contributed by atoms with Crippen LogP contribution in [0.4, 0.5) is 5.13 Å². The summed E-state index contributed by atoms with van der Waals surface area (Å²) in [6.45, 7) is 7.36. The van der Waals surface area contributed by atoms with Crippen LogP contribution in [0.25, 0.3) is 10.2 Å². The molecule has 0 saturated heterocycles. The third-order valence-electron chi connectivity index (χ3n) is 5.71. The summed E-state index contributed by atoms with van der Waals surface area (Å²) in [5, 5.41) is 0.576. The van der Waals surface area contributed by atoms with Crippen LogP contribution < -0.4 is 23.8 Å². The number of fused-ring (bicyclic) bond motifs is 2. The number of thiazole rings is 1. The smallest absolute Gasteiger partial charge is 0.273 e. The number of carbonyl (C=O) groups excluding carboxylic acids is 1. The molecule has 1 unspecified atom stereocenters. The predicted octanol–water partition coefficient (Wildman–Crippen LogP) is 4.25. The largest absolute Gasteiger partial charge is 0.495 e. The highest BCUT2D eigenvalue weighted by atomic mass is 35.5. The quantitative estimate of drug-likeness (QED) is 0.428. The molecule has 1 aliphatic heterocycles. The summed E-state index contributed by atoms with van der Waals surface area (Å²) in [6, 6.07) is 11.0. The van der Waals surface area contributed by atoms with Crippen LogP contribution in [0.5, 0.6) is 23.0 Å². The number of aromatic nitrogens is 1. The maximum absolute atomic E-state index is 13.7. The summed E-state index contributed by atoms with van der Waals surface area (Å²) < 4.78 is 23.7. The van der Waals surface area contributed by atoms with E-state index in [0.29, 0.717) is 46.7 Å². The molecular weight excluding hydrogens is 478 g/mol. The fourth-order valence-electron chi connectivity index (χ4n) is 3.79. The van der Waals surface area contributed by atoms with Gasteiger partial charge in [0.2, 0.25) is 6.10 Å². The molecule has 2 aromatic carbocycles. The van der Waals surface area contributed by atoms with Gasteiger partial charge in [0, 0.05) is 13.1 Å². The summed E-state index contributed by atoms with van der Waals surface area (Å²) in [6.07, 6.45) is -0.757. The molecule has 0 aliphatic carbocycles. The molecular formula is C24H30ClN3O5S. The number of nitrogens with zero attached hydrogens (tertiary/aromatic N) is 3. The zero-order valence-electron chi connectivity index (χ0n) is 19.8. The van der Waals surface area contributed by atoms with Crippen molar-refractivity contribution in [3.63, 3.8) is 0 Å². The molecule has 0 bridgehead atoms. The van der Waals surface area contributed by atoms with Crippen molar-refractivity contribution in [3.8, 4) is 23.0 Å². The molecule has 1 amide bonds. The van der Waals surface area contributed by atoms with E-state index in [9.17, 15) is 4.79 Å². The van der Waals surface area contributed by atoms with E-state index in [4.69, 9.17) is 23.9 Å². The van der Waals surface area contributed by atoms with Gasteiger partial charge in [0.25, 0.3) is 5.91 Å². The molecule has 3 aromatic rings. The SMILES string of the molecule is CCN(CC)CCN(C(=O)C1COc2ccccc2O1)c1nc2c(OC)ccc(OC)c2s1.Cl. The van der Waals surface area contributed by atoms with Crippen LogP contribution in [0.1, 0.15) is 13.8 Å². The number of carbonyl (C=O) groups is 1. The Balaban J connectivity index is 0.00000324. The number of hydrogen-bond acceptors (Lipinski definition) is 8. The zero-order valence-corrected chi connectivity index (χ0v) is 21.4. The van der Waals surface area contributed by atoms with Crippen LogP contribution in [0.3, 0.4) is 0 Å². The predicted molar refractivity (Wildman–Crippen MR) is 136 cm³/mol. The third kappa shape index (κ3) is 5.16. The van der Waals surface area contributed by atoms with Crippen LogP contribution in [-0.2, 0) is 4.79 Å². The van der Waals surface area contributed by atoms with E-state index in [0.717, 1.165) is 17.8 Å². The molecule has 8 nitrogen and oxygen atoms in total. The zero-order chi connectivity index (χ0) is 23.4. The van der Waals surface area contributed by atoms with Crippen molar-refractivity contribution in [2.75, 3.05) is 51.9 Å². The molecule has 1 atom stereocenters. The first-order valence-corrected chi connectivity index (χ1v) is 11.8. The minimum Gasteiger partial charge on any atom is -0.495 e. The van der Waals surface area contributed by atoms with Gasteiger partial charge in [-0.2, -0.15) is 0 Å². The minimum atomic E-state index is -0.757. The summed E-state index contributed by atoms with van der Waals surface area (Å²) in [5.74, 6) is 2.35. The number of anilines is 1. The Kier molecular flexibility index (Phi) is 8.82. The monoisotopic (exact) mass is 507 g/mol. The van der Waals surface area contributed by atoms with Gasteiger partial charge in [-0.1, -0.05) is 37.3 Å². The molecule has 0 spiro atoms. The highest BCUT2D eigenvalue weighted by Gasteiger charge is 2.33. The van der Waals surface area contributed by atoms with Gasteiger partial charge in [0.15, 0.2) is 16.6 Å². The molecule has 0 N–H and O–H groups in total. The molecule has 2 heterocycles. The maximum Gasteiger partial charge on any atom is 0.273 e. The lowest BCUT2D eigenvalue weighted by atomic mass is 10.2. The number of halogens is 1. The number of likely N-dealkylation sites (N-methyl/N-ethyl adjacent to an activating group) is 1.